The zero-order valence-corrected chi connectivity index (χ0v) is 20.4. The first kappa shape index (κ1) is 21.0. The van der Waals surface area contributed by atoms with E-state index in [1.54, 1.807) is 6.08 Å². The third-order valence-electron chi connectivity index (χ3n) is 4.55. The van der Waals surface area contributed by atoms with Crippen LogP contribution in [0, 0.1) is 14.1 Å². The van der Waals surface area contributed by atoms with Gasteiger partial charge in [-0.15, -0.1) is 0 Å². The van der Waals surface area contributed by atoms with Gasteiger partial charge in [0.15, 0.2) is 5.70 Å². The van der Waals surface area contributed by atoms with E-state index in [0.717, 1.165) is 35.1 Å². The molecule has 0 aromatic heterocycles. The zero-order valence-electron chi connectivity index (χ0n) is 16.1. The van der Waals surface area contributed by atoms with Crippen molar-refractivity contribution in [3.05, 3.63) is 102 Å². The summed E-state index contributed by atoms with van der Waals surface area (Å²) in [5, 5.41) is 0. The van der Waals surface area contributed by atoms with Crippen molar-refractivity contribution in [1.82, 2.24) is 0 Å². The summed E-state index contributed by atoms with van der Waals surface area (Å²) in [6.07, 6.45) is 1.75. The molecule has 0 spiro atoms. The summed E-state index contributed by atoms with van der Waals surface area (Å²) in [6.45, 7) is 2.47. The Kier molecular flexibility index (Phi) is 6.52. The van der Waals surface area contributed by atoms with E-state index in [4.69, 9.17) is 9.47 Å². The number of aryl methyl sites for hydroxylation is 1. The van der Waals surface area contributed by atoms with E-state index in [0.29, 0.717) is 12.5 Å². The van der Waals surface area contributed by atoms with Crippen molar-refractivity contribution in [3.63, 3.8) is 0 Å². The Hall–Kier alpha value is -2.20. The molecule has 4 rings (SSSR count). The molecule has 4 nitrogen and oxygen atoms in total. The molecule has 1 heterocycles. The maximum Gasteiger partial charge on any atom is 0.363 e. The van der Waals surface area contributed by atoms with Gasteiger partial charge in [0.2, 0.25) is 5.90 Å². The maximum absolute atomic E-state index is 12.3. The van der Waals surface area contributed by atoms with Crippen LogP contribution in [0.3, 0.4) is 0 Å². The van der Waals surface area contributed by atoms with Gasteiger partial charge in [0.1, 0.15) is 12.4 Å². The quantitative estimate of drug-likeness (QED) is 0.196. The summed E-state index contributed by atoms with van der Waals surface area (Å²) >= 11 is 4.51. The van der Waals surface area contributed by atoms with Crippen LogP contribution in [0.5, 0.6) is 5.75 Å². The lowest BCUT2D eigenvalue weighted by Gasteiger charge is -2.11. The summed E-state index contributed by atoms with van der Waals surface area (Å²) in [5.41, 5.74) is 4.11. The van der Waals surface area contributed by atoms with Crippen LogP contribution in [0.15, 0.2) is 77.4 Å². The number of aliphatic imine (C=N–C) groups is 1. The fourth-order valence-corrected chi connectivity index (χ4v) is 5.15. The second-order valence-corrected chi connectivity index (χ2v) is 9.06. The molecule has 1 aliphatic rings. The SMILES string of the molecule is Cc1ccccc1C1=N/C(=C\c2cc(I)c(OCc3ccccc3)c(I)c2)C(=O)O1. The highest BCUT2D eigenvalue weighted by Crippen LogP contribution is 2.31. The van der Waals surface area contributed by atoms with Gasteiger partial charge in [-0.3, -0.25) is 0 Å². The summed E-state index contributed by atoms with van der Waals surface area (Å²) in [5.74, 6) is 0.736. The lowest BCUT2D eigenvalue weighted by atomic mass is 10.1. The molecule has 0 fully saturated rings. The number of hydrogen-bond donors (Lipinski definition) is 0. The molecule has 6 heteroatoms. The van der Waals surface area contributed by atoms with Crippen LogP contribution in [0.2, 0.25) is 0 Å². The molecule has 30 heavy (non-hydrogen) atoms. The van der Waals surface area contributed by atoms with Crippen molar-refractivity contribution in [1.29, 1.82) is 0 Å². The number of carbonyl (C=O) groups is 1. The third-order valence-corrected chi connectivity index (χ3v) is 6.15. The molecule has 3 aromatic rings. The van der Waals surface area contributed by atoms with Crippen molar-refractivity contribution < 1.29 is 14.3 Å². The number of ether oxygens (including phenoxy) is 2. The second-order valence-electron chi connectivity index (χ2n) is 6.74. The van der Waals surface area contributed by atoms with Crippen LogP contribution < -0.4 is 4.74 Å². The maximum atomic E-state index is 12.3. The number of nitrogens with zero attached hydrogens (tertiary/aromatic N) is 1. The molecular weight excluding hydrogens is 604 g/mol. The lowest BCUT2D eigenvalue weighted by Crippen LogP contribution is -2.06. The Morgan fingerprint density at radius 1 is 1.00 bits per heavy atom. The van der Waals surface area contributed by atoms with Crippen molar-refractivity contribution in [2.75, 3.05) is 0 Å². The van der Waals surface area contributed by atoms with E-state index in [1.165, 1.54) is 0 Å². The van der Waals surface area contributed by atoms with E-state index in [2.05, 4.69) is 50.2 Å². The Morgan fingerprint density at radius 3 is 2.37 bits per heavy atom. The van der Waals surface area contributed by atoms with E-state index in [1.807, 2.05) is 73.7 Å². The topological polar surface area (TPSA) is 47.9 Å². The Bertz CT molecular complexity index is 1150. The molecule has 1 aliphatic heterocycles. The van der Waals surface area contributed by atoms with Gasteiger partial charge in [0, 0.05) is 5.56 Å². The summed E-state index contributed by atoms with van der Waals surface area (Å²) in [4.78, 5) is 16.8. The first-order chi connectivity index (χ1) is 14.5. The molecule has 3 aromatic carbocycles. The van der Waals surface area contributed by atoms with E-state index in [-0.39, 0.29) is 5.70 Å². The van der Waals surface area contributed by atoms with Crippen LogP contribution in [-0.2, 0) is 16.1 Å². The molecule has 0 aliphatic carbocycles. The Morgan fingerprint density at radius 2 is 1.67 bits per heavy atom. The Balaban J connectivity index is 1.58. The van der Waals surface area contributed by atoms with Crippen LogP contribution in [0.1, 0.15) is 22.3 Å². The lowest BCUT2D eigenvalue weighted by molar-refractivity contribution is -0.129. The smallest absolute Gasteiger partial charge is 0.363 e. The summed E-state index contributed by atoms with van der Waals surface area (Å²) in [6, 6.07) is 21.7. The molecule has 0 unspecified atom stereocenters. The number of esters is 1. The average Bonchev–Trinajstić information content (AvgIpc) is 3.08. The van der Waals surface area contributed by atoms with Crippen LogP contribution in [0.25, 0.3) is 6.08 Å². The third kappa shape index (κ3) is 4.75. The van der Waals surface area contributed by atoms with E-state index < -0.39 is 5.97 Å². The molecule has 0 atom stereocenters. The minimum Gasteiger partial charge on any atom is -0.487 e. The van der Waals surface area contributed by atoms with Crippen molar-refractivity contribution in [2.45, 2.75) is 13.5 Å². The molecule has 0 bridgehead atoms. The minimum absolute atomic E-state index is 0.290. The van der Waals surface area contributed by atoms with Gasteiger partial charge in [-0.05, 0) is 93.1 Å². The highest BCUT2D eigenvalue weighted by molar-refractivity contribution is 14.1. The predicted molar refractivity (Wildman–Crippen MR) is 134 cm³/mol. The molecule has 0 amide bonds. The Labute approximate surface area is 202 Å². The largest absolute Gasteiger partial charge is 0.487 e. The van der Waals surface area contributed by atoms with Gasteiger partial charge in [0.25, 0.3) is 0 Å². The highest BCUT2D eigenvalue weighted by Gasteiger charge is 2.25. The fourth-order valence-electron chi connectivity index (χ4n) is 3.03. The molecule has 0 N–H and O–H groups in total. The van der Waals surface area contributed by atoms with Gasteiger partial charge < -0.3 is 9.47 Å². The number of hydrogen-bond acceptors (Lipinski definition) is 4. The van der Waals surface area contributed by atoms with Gasteiger partial charge >= 0.3 is 5.97 Å². The zero-order chi connectivity index (χ0) is 21.1. The normalized spacial score (nSPS) is 14.6. The summed E-state index contributed by atoms with van der Waals surface area (Å²) < 4.78 is 13.4. The van der Waals surface area contributed by atoms with Gasteiger partial charge in [-0.2, -0.15) is 0 Å². The van der Waals surface area contributed by atoms with E-state index in [9.17, 15) is 4.79 Å². The highest BCUT2D eigenvalue weighted by atomic mass is 127. The van der Waals surface area contributed by atoms with Crippen LogP contribution >= 0.6 is 45.2 Å². The fraction of sp³-hybridized carbons (Fsp3) is 0.0833. The van der Waals surface area contributed by atoms with Crippen molar-refractivity contribution in [3.8, 4) is 5.75 Å². The number of carbonyl (C=O) groups excluding carboxylic acids is 1. The minimum atomic E-state index is -0.442. The predicted octanol–water partition coefficient (Wildman–Crippen LogP) is 6.13. The van der Waals surface area contributed by atoms with Crippen LogP contribution in [-0.4, -0.2) is 11.9 Å². The van der Waals surface area contributed by atoms with Gasteiger partial charge in [0.05, 0.1) is 7.14 Å². The number of rotatable bonds is 5. The van der Waals surface area contributed by atoms with Crippen LogP contribution in [0.4, 0.5) is 0 Å². The first-order valence-corrected chi connectivity index (χ1v) is 11.4. The van der Waals surface area contributed by atoms with E-state index >= 15 is 0 Å². The monoisotopic (exact) mass is 621 g/mol. The van der Waals surface area contributed by atoms with Gasteiger partial charge in [-0.1, -0.05) is 48.5 Å². The molecule has 0 radical (unpaired) electrons. The molecule has 150 valence electrons. The second kappa shape index (κ2) is 9.30. The number of benzene rings is 3. The van der Waals surface area contributed by atoms with Crippen molar-refractivity contribution in [2.24, 2.45) is 4.99 Å². The van der Waals surface area contributed by atoms with Crippen molar-refractivity contribution >= 4 is 63.1 Å². The standard InChI is InChI=1S/C24H17I2NO3/c1-15-7-5-6-10-18(15)23-27-21(24(28)30-23)13-17-11-19(25)22(20(26)12-17)29-14-16-8-3-2-4-9-16/h2-13H,14H2,1H3/b21-13-. The summed E-state index contributed by atoms with van der Waals surface area (Å²) in [7, 11) is 0. The first-order valence-electron chi connectivity index (χ1n) is 9.25. The number of cyclic esters (lactones) is 1. The number of halogens is 2. The average molecular weight is 621 g/mol. The molecular formula is C24H17I2NO3. The van der Waals surface area contributed by atoms with Gasteiger partial charge in [-0.25, -0.2) is 9.79 Å². The molecule has 0 saturated heterocycles. The molecule has 0 saturated carbocycles.